The Labute approximate surface area is 123 Å². The van der Waals surface area contributed by atoms with E-state index in [1.807, 2.05) is 0 Å². The van der Waals surface area contributed by atoms with Crippen LogP contribution in [0, 0.1) is 0 Å². The van der Waals surface area contributed by atoms with Gasteiger partial charge in [0, 0.05) is 0 Å². The summed E-state index contributed by atoms with van der Waals surface area (Å²) >= 11 is 0. The quantitative estimate of drug-likeness (QED) is 0.338. The maximum Gasteiger partial charge on any atom is 2.00 e. The summed E-state index contributed by atoms with van der Waals surface area (Å²) in [6.07, 6.45) is 0. The summed E-state index contributed by atoms with van der Waals surface area (Å²) in [6, 6.07) is 0. The fraction of sp³-hybridized carbons (Fsp3) is 0. The smallest absolute Gasteiger partial charge is 1.00 e. The predicted octanol–water partition coefficient (Wildman–Crippen LogP) is -10.9. The van der Waals surface area contributed by atoms with Crippen LogP contribution in [0.5, 0.6) is 0 Å². The van der Waals surface area contributed by atoms with E-state index in [1.54, 1.807) is 0 Å². The van der Waals surface area contributed by atoms with Gasteiger partial charge < -0.3 is 37.2 Å². The second-order valence-corrected chi connectivity index (χ2v) is 0. The summed E-state index contributed by atoms with van der Waals surface area (Å²) in [5.74, 6) is 0. The molecule has 0 unspecified atom stereocenters. The molecule has 34 valence electrons. The van der Waals surface area contributed by atoms with Gasteiger partial charge in [-0.25, -0.2) is 0 Å². The van der Waals surface area contributed by atoms with Crippen molar-refractivity contribution in [1.29, 1.82) is 0 Å². The molecule has 0 aliphatic carbocycles. The van der Waals surface area contributed by atoms with Crippen LogP contribution in [0.15, 0.2) is 0 Å². The van der Waals surface area contributed by atoms with Crippen LogP contribution in [0.25, 0.3) is 0 Å². The summed E-state index contributed by atoms with van der Waals surface area (Å²) in [5, 5.41) is 0. The van der Waals surface area contributed by atoms with Crippen LogP contribution < -0.4 is 76.2 Å². The fourth-order valence-corrected chi connectivity index (χ4v) is 0. The van der Waals surface area contributed by atoms with Crippen molar-refractivity contribution in [3.05, 3.63) is 0 Å². The van der Waals surface area contributed by atoms with Gasteiger partial charge in [-0.2, -0.15) is 0 Å². The van der Waals surface area contributed by atoms with Crippen molar-refractivity contribution in [1.82, 2.24) is 0 Å². The van der Waals surface area contributed by atoms with Crippen molar-refractivity contribution in [3.8, 4) is 0 Å². The van der Waals surface area contributed by atoms with Gasteiger partial charge in [0.05, 0.1) is 0 Å². The number of hydrogen-bond acceptors (Lipinski definition) is 0. The molecule has 0 bridgehead atoms. The molecule has 0 saturated carbocycles. The van der Waals surface area contributed by atoms with E-state index >= 15 is 0 Å². The molecule has 4 N–H and O–H groups in total. The van der Waals surface area contributed by atoms with Crippen LogP contribution in [0.1, 0.15) is 1.43 Å². The Morgan fingerprint density at radius 2 is 0.833 bits per heavy atom. The predicted molar refractivity (Wildman–Crippen MR) is 14.1 cm³/mol. The Kier molecular flexibility index (Phi) is 381. The van der Waals surface area contributed by atoms with Crippen molar-refractivity contribution < 1.29 is 88.6 Å². The third kappa shape index (κ3) is 26.2. The van der Waals surface area contributed by atoms with E-state index in [0.29, 0.717) is 0 Å². The molecule has 0 fully saturated rings. The van der Waals surface area contributed by atoms with Crippen molar-refractivity contribution in [2.24, 2.45) is 0 Å². The summed E-state index contributed by atoms with van der Waals surface area (Å²) in [7, 11) is 0. The van der Waals surface area contributed by atoms with Gasteiger partial charge in [-0.3, -0.25) is 0 Å². The first-order valence-corrected chi connectivity index (χ1v) is 0. The average Bonchev–Trinajstić information content (AvgIpc) is 0. The van der Waals surface area contributed by atoms with E-state index in [1.165, 1.54) is 0 Å². The first-order chi connectivity index (χ1) is 0. The van der Waals surface area contributed by atoms with Gasteiger partial charge in [0.25, 0.3) is 0 Å². The SMILES string of the molecule is O.O.[Ca+2].[Cl-].[Cl-].[H-].[K+]. The third-order valence-electron chi connectivity index (χ3n) is 0. The molecule has 6 heteroatoms. The maximum absolute atomic E-state index is 0. The largest absolute Gasteiger partial charge is 2.00 e. The van der Waals surface area contributed by atoms with Crippen LogP contribution in [0.3, 0.4) is 0 Å². The van der Waals surface area contributed by atoms with Gasteiger partial charge in [-0.15, -0.1) is 0 Å². The molecule has 0 radical (unpaired) electrons. The Hall–Kier alpha value is 3.40. The Morgan fingerprint density at radius 1 is 0.833 bits per heavy atom. The zero-order chi connectivity index (χ0) is 0. The fourth-order valence-electron chi connectivity index (χ4n) is 0. The van der Waals surface area contributed by atoms with Crippen molar-refractivity contribution in [3.63, 3.8) is 0 Å². The van der Waals surface area contributed by atoms with E-state index in [9.17, 15) is 0 Å². The zero-order valence-corrected chi connectivity index (χ0v) is 10.3. The molecule has 0 spiro atoms. The van der Waals surface area contributed by atoms with E-state index in [0.717, 1.165) is 0 Å². The van der Waals surface area contributed by atoms with E-state index in [-0.39, 0.29) is 126 Å². The minimum atomic E-state index is 0. The topological polar surface area (TPSA) is 63.0 Å². The molecule has 0 amide bonds. The van der Waals surface area contributed by atoms with Gasteiger partial charge in [0.2, 0.25) is 0 Å². The summed E-state index contributed by atoms with van der Waals surface area (Å²) in [6.45, 7) is 0. The molecular formula is H5CaCl2KO2. The molecule has 6 heavy (non-hydrogen) atoms. The standard InChI is InChI=1S/Ca.2ClH.K.2H2O.H/h;2*1H;;2*1H2;/q+2;;;+1;;;-1/p-2. The molecule has 0 atom stereocenters. The Bertz CT molecular complexity index is 15.7. The summed E-state index contributed by atoms with van der Waals surface area (Å²) in [4.78, 5) is 0. The van der Waals surface area contributed by atoms with Crippen molar-refractivity contribution in [2.45, 2.75) is 0 Å². The van der Waals surface area contributed by atoms with Crippen molar-refractivity contribution in [2.75, 3.05) is 0 Å². The zero-order valence-electron chi connectivity index (χ0n) is 4.46. The minimum Gasteiger partial charge on any atom is -1.00 e. The van der Waals surface area contributed by atoms with E-state index in [4.69, 9.17) is 0 Å². The van der Waals surface area contributed by atoms with Gasteiger partial charge in [-0.1, -0.05) is 0 Å². The third-order valence-corrected chi connectivity index (χ3v) is 0. The molecule has 0 heterocycles. The summed E-state index contributed by atoms with van der Waals surface area (Å²) in [5.41, 5.74) is 0. The minimum absolute atomic E-state index is 0. The number of halogens is 2. The normalized spacial score (nSPS) is 0. The second-order valence-electron chi connectivity index (χ2n) is 0. The molecule has 0 rings (SSSR count). The number of rotatable bonds is 0. The Morgan fingerprint density at radius 3 is 0.833 bits per heavy atom. The van der Waals surface area contributed by atoms with Crippen LogP contribution in [-0.2, 0) is 0 Å². The van der Waals surface area contributed by atoms with Crippen LogP contribution >= 0.6 is 0 Å². The molecule has 0 aromatic heterocycles. The molecular weight excluding hydrogens is 182 g/mol. The maximum atomic E-state index is 0. The van der Waals surface area contributed by atoms with Gasteiger partial charge in [0.1, 0.15) is 0 Å². The molecule has 0 aliphatic heterocycles. The van der Waals surface area contributed by atoms with Crippen LogP contribution in [0.4, 0.5) is 0 Å². The molecule has 0 saturated heterocycles. The first kappa shape index (κ1) is 57.4. The Balaban J connectivity index is 0. The van der Waals surface area contributed by atoms with Crippen LogP contribution in [0.2, 0.25) is 0 Å². The molecule has 0 aliphatic rings. The van der Waals surface area contributed by atoms with Crippen molar-refractivity contribution >= 4 is 37.7 Å². The molecule has 2 nitrogen and oxygen atoms in total. The van der Waals surface area contributed by atoms with E-state index in [2.05, 4.69) is 0 Å². The number of hydrogen-bond donors (Lipinski definition) is 0. The summed E-state index contributed by atoms with van der Waals surface area (Å²) < 4.78 is 0. The van der Waals surface area contributed by atoms with Gasteiger partial charge >= 0.3 is 89.1 Å². The van der Waals surface area contributed by atoms with Gasteiger partial charge in [-0.05, 0) is 0 Å². The van der Waals surface area contributed by atoms with Crippen LogP contribution in [-0.4, -0.2) is 48.7 Å². The molecule has 0 aromatic rings. The van der Waals surface area contributed by atoms with E-state index < -0.39 is 0 Å². The second kappa shape index (κ2) is 39.8. The average molecular weight is 187 g/mol. The first-order valence-electron chi connectivity index (χ1n) is 0. The molecule has 0 aromatic carbocycles. The van der Waals surface area contributed by atoms with Gasteiger partial charge in [0.15, 0.2) is 0 Å². The monoisotopic (exact) mass is 186 g/mol.